The van der Waals surface area contributed by atoms with Crippen molar-refractivity contribution >= 4 is 28.6 Å². The monoisotopic (exact) mass is 332 g/mol. The fourth-order valence-electron chi connectivity index (χ4n) is 1.70. The van der Waals surface area contributed by atoms with Crippen LogP contribution >= 0.6 is 22.6 Å². The van der Waals surface area contributed by atoms with E-state index in [0.717, 1.165) is 3.57 Å². The molecule has 1 aromatic rings. The molecule has 1 fully saturated rings. The molecule has 1 aliphatic rings. The summed E-state index contributed by atoms with van der Waals surface area (Å²) in [5.41, 5.74) is -0.316. The van der Waals surface area contributed by atoms with Gasteiger partial charge in [0.2, 0.25) is 0 Å². The first-order chi connectivity index (χ1) is 7.43. The average Bonchev–Trinajstić information content (AvgIpc) is 2.44. The summed E-state index contributed by atoms with van der Waals surface area (Å²) in [4.78, 5) is 21.8. The maximum absolute atomic E-state index is 11.6. The lowest BCUT2D eigenvalue weighted by Crippen LogP contribution is -2.40. The summed E-state index contributed by atoms with van der Waals surface area (Å²) >= 11 is 2.15. The van der Waals surface area contributed by atoms with Gasteiger partial charge in [0.1, 0.15) is 6.04 Å². The van der Waals surface area contributed by atoms with Crippen molar-refractivity contribution in [3.63, 3.8) is 0 Å². The van der Waals surface area contributed by atoms with Crippen LogP contribution in [-0.2, 0) is 0 Å². The van der Waals surface area contributed by atoms with Gasteiger partial charge in [0.15, 0.2) is 5.82 Å². The lowest BCUT2D eigenvalue weighted by atomic mass is 9.95. The topological polar surface area (TPSA) is 58.1 Å². The van der Waals surface area contributed by atoms with Crippen molar-refractivity contribution in [1.82, 2.24) is 20.2 Å². The van der Waals surface area contributed by atoms with E-state index in [1.165, 1.54) is 0 Å². The van der Waals surface area contributed by atoms with Crippen molar-refractivity contribution in [1.29, 1.82) is 0 Å². The van der Waals surface area contributed by atoms with Gasteiger partial charge in [-0.1, -0.05) is 0 Å². The molecule has 0 aliphatic carbocycles. The zero-order chi connectivity index (χ0) is 11.9. The van der Waals surface area contributed by atoms with E-state index in [9.17, 15) is 4.79 Å². The van der Waals surface area contributed by atoms with Crippen molar-refractivity contribution in [2.24, 2.45) is 0 Å². The van der Waals surface area contributed by atoms with Crippen molar-refractivity contribution < 1.29 is 4.79 Å². The third-order valence-electron chi connectivity index (χ3n) is 3.04. The third kappa shape index (κ3) is 1.74. The van der Waals surface area contributed by atoms with Crippen LogP contribution in [-0.4, -0.2) is 33.5 Å². The van der Waals surface area contributed by atoms with E-state index in [1.807, 2.05) is 13.8 Å². The second-order valence-corrected chi connectivity index (χ2v) is 5.60. The Kier molecular flexibility index (Phi) is 2.77. The Hall–Kier alpha value is -0.920. The fraction of sp³-hybridized carbons (Fsp3) is 0.500. The van der Waals surface area contributed by atoms with E-state index in [4.69, 9.17) is 0 Å². The molecule has 1 saturated heterocycles. The highest BCUT2D eigenvalue weighted by atomic mass is 127. The van der Waals surface area contributed by atoms with Gasteiger partial charge < -0.3 is 10.2 Å². The minimum Gasteiger partial charge on any atom is -0.326 e. The van der Waals surface area contributed by atoms with Crippen LogP contribution in [0, 0.1) is 3.57 Å². The maximum Gasteiger partial charge on any atom is 0.318 e. The predicted octanol–water partition coefficient (Wildman–Crippen LogP) is 1.56. The van der Waals surface area contributed by atoms with Gasteiger partial charge in [-0.3, -0.25) is 0 Å². The molecule has 5 nitrogen and oxygen atoms in total. The van der Waals surface area contributed by atoms with Crippen LogP contribution < -0.4 is 5.32 Å². The first-order valence-electron chi connectivity index (χ1n) is 4.94. The number of amides is 2. The van der Waals surface area contributed by atoms with Crippen LogP contribution in [0.15, 0.2) is 12.4 Å². The molecule has 1 aliphatic heterocycles. The van der Waals surface area contributed by atoms with Crippen LogP contribution in [0.1, 0.15) is 25.7 Å². The molecule has 0 spiro atoms. The molecule has 0 saturated carbocycles. The maximum atomic E-state index is 11.6. The van der Waals surface area contributed by atoms with E-state index in [1.54, 1.807) is 24.3 Å². The number of nitrogens with zero attached hydrogens (tertiary/aromatic N) is 3. The van der Waals surface area contributed by atoms with E-state index in [2.05, 4.69) is 37.9 Å². The molecule has 0 aromatic carbocycles. The van der Waals surface area contributed by atoms with Gasteiger partial charge in [-0.15, -0.1) is 0 Å². The number of rotatable bonds is 1. The summed E-state index contributed by atoms with van der Waals surface area (Å²) in [6.07, 6.45) is 3.51. The van der Waals surface area contributed by atoms with Crippen LogP contribution in [0.25, 0.3) is 0 Å². The SMILES string of the molecule is CN1C(=O)NC(c2ncc(I)cn2)C1(C)C. The molecule has 1 atom stereocenters. The average molecular weight is 332 g/mol. The zero-order valence-corrected chi connectivity index (χ0v) is 11.5. The van der Waals surface area contributed by atoms with Gasteiger partial charge in [0.25, 0.3) is 0 Å². The van der Waals surface area contributed by atoms with Gasteiger partial charge in [-0.2, -0.15) is 0 Å². The third-order valence-corrected chi connectivity index (χ3v) is 3.60. The number of halogens is 1. The standard InChI is InChI=1S/C10H13IN4O/c1-10(2)7(14-9(16)15(10)3)8-12-4-6(11)5-13-8/h4-5,7H,1-3H3,(H,14,16). The van der Waals surface area contributed by atoms with Gasteiger partial charge in [-0.25, -0.2) is 14.8 Å². The predicted molar refractivity (Wildman–Crippen MR) is 67.9 cm³/mol. The summed E-state index contributed by atoms with van der Waals surface area (Å²) in [6.45, 7) is 3.99. The number of aromatic nitrogens is 2. The quantitative estimate of drug-likeness (QED) is 0.794. The van der Waals surface area contributed by atoms with Crippen molar-refractivity contribution in [2.45, 2.75) is 25.4 Å². The molecule has 1 aromatic heterocycles. The number of likely N-dealkylation sites (N-methyl/N-ethyl adjacent to an activating group) is 1. The lowest BCUT2D eigenvalue weighted by molar-refractivity contribution is 0.186. The molecule has 0 bridgehead atoms. The van der Waals surface area contributed by atoms with Gasteiger partial charge in [-0.05, 0) is 36.4 Å². The summed E-state index contributed by atoms with van der Waals surface area (Å²) < 4.78 is 0.983. The number of hydrogen-bond acceptors (Lipinski definition) is 3. The number of hydrogen-bond donors (Lipinski definition) is 1. The lowest BCUT2D eigenvalue weighted by Gasteiger charge is -2.30. The highest BCUT2D eigenvalue weighted by Crippen LogP contribution is 2.33. The molecule has 2 amide bonds. The van der Waals surface area contributed by atoms with Crippen LogP contribution in [0.3, 0.4) is 0 Å². The number of nitrogens with one attached hydrogen (secondary N) is 1. The van der Waals surface area contributed by atoms with Crippen molar-refractivity contribution in [3.05, 3.63) is 21.8 Å². The van der Waals surface area contributed by atoms with Crippen LogP contribution in [0.2, 0.25) is 0 Å². The first-order valence-corrected chi connectivity index (χ1v) is 6.02. The van der Waals surface area contributed by atoms with Crippen LogP contribution in [0.4, 0.5) is 4.79 Å². The summed E-state index contributed by atoms with van der Waals surface area (Å²) in [7, 11) is 1.78. The molecule has 0 radical (unpaired) electrons. The van der Waals surface area contributed by atoms with E-state index >= 15 is 0 Å². The van der Waals surface area contributed by atoms with E-state index < -0.39 is 0 Å². The number of carbonyl (C=O) groups is 1. The van der Waals surface area contributed by atoms with E-state index in [0.29, 0.717) is 5.82 Å². The first kappa shape index (κ1) is 11.6. The van der Waals surface area contributed by atoms with Crippen molar-refractivity contribution in [2.75, 3.05) is 7.05 Å². The summed E-state index contributed by atoms with van der Waals surface area (Å²) in [5.74, 6) is 0.656. The van der Waals surface area contributed by atoms with Gasteiger partial charge >= 0.3 is 6.03 Å². The van der Waals surface area contributed by atoms with Crippen molar-refractivity contribution in [3.8, 4) is 0 Å². The Labute approximate surface area is 108 Å². The molecular formula is C10H13IN4O. The molecule has 1 unspecified atom stereocenters. The Bertz CT molecular complexity index is 417. The Morgan fingerprint density at radius 2 is 2.00 bits per heavy atom. The second kappa shape index (κ2) is 3.83. The van der Waals surface area contributed by atoms with Crippen LogP contribution in [0.5, 0.6) is 0 Å². The summed E-state index contributed by atoms with van der Waals surface area (Å²) in [5, 5.41) is 2.89. The summed E-state index contributed by atoms with van der Waals surface area (Å²) in [6, 6.07) is -0.251. The minimum absolute atomic E-state index is 0.0860. The Morgan fingerprint density at radius 1 is 1.44 bits per heavy atom. The zero-order valence-electron chi connectivity index (χ0n) is 9.36. The Balaban J connectivity index is 2.35. The largest absolute Gasteiger partial charge is 0.326 e. The molecular weight excluding hydrogens is 319 g/mol. The Morgan fingerprint density at radius 3 is 2.44 bits per heavy atom. The van der Waals surface area contributed by atoms with Gasteiger partial charge in [0.05, 0.1) is 5.54 Å². The minimum atomic E-state index is -0.316. The fourth-order valence-corrected chi connectivity index (χ4v) is 1.98. The molecule has 1 N–H and O–H groups in total. The molecule has 2 heterocycles. The highest BCUT2D eigenvalue weighted by Gasteiger charge is 2.46. The number of carbonyl (C=O) groups excluding carboxylic acids is 1. The smallest absolute Gasteiger partial charge is 0.318 e. The second-order valence-electron chi connectivity index (χ2n) is 4.35. The molecule has 2 rings (SSSR count). The molecule has 6 heteroatoms. The number of urea groups is 1. The molecule has 16 heavy (non-hydrogen) atoms. The normalized spacial score (nSPS) is 23.4. The molecule has 86 valence electrons. The highest BCUT2D eigenvalue weighted by molar-refractivity contribution is 14.1. The van der Waals surface area contributed by atoms with E-state index in [-0.39, 0.29) is 17.6 Å². The van der Waals surface area contributed by atoms with Gasteiger partial charge in [0, 0.05) is 23.0 Å².